The van der Waals surface area contributed by atoms with Crippen molar-refractivity contribution in [2.45, 2.75) is 31.5 Å². The normalized spacial score (nSPS) is 14.5. The molecule has 0 aromatic heterocycles. The van der Waals surface area contributed by atoms with Crippen molar-refractivity contribution in [3.05, 3.63) is 0 Å². The zero-order valence-electron chi connectivity index (χ0n) is 6.45. The molecule has 11 heavy (non-hydrogen) atoms. The minimum absolute atomic E-state index is 0.126. The van der Waals surface area contributed by atoms with Gasteiger partial charge in [-0.1, -0.05) is 6.92 Å². The van der Waals surface area contributed by atoms with Gasteiger partial charge in [-0.2, -0.15) is 0 Å². The standard InChI is InChI=1S/C6H14N2O3/c1-2-4(9)3-6(7,8)5(10)11/h4,9H,2-3,7-8H2,1H3,(H,10,11). The molecule has 0 fully saturated rings. The van der Waals surface area contributed by atoms with Gasteiger partial charge in [-0.3, -0.25) is 0 Å². The Kier molecular flexibility index (Phi) is 3.44. The molecule has 0 heterocycles. The number of carboxylic acid groups (broad SMARTS) is 1. The summed E-state index contributed by atoms with van der Waals surface area (Å²) in [5.41, 5.74) is 8.50. The third kappa shape index (κ3) is 3.31. The summed E-state index contributed by atoms with van der Waals surface area (Å²) in [4.78, 5) is 10.3. The van der Waals surface area contributed by atoms with Crippen LogP contribution >= 0.6 is 0 Å². The van der Waals surface area contributed by atoms with E-state index >= 15 is 0 Å². The molecule has 0 saturated carbocycles. The fraction of sp³-hybridized carbons (Fsp3) is 0.833. The average molecular weight is 162 g/mol. The number of hydrogen-bond acceptors (Lipinski definition) is 4. The van der Waals surface area contributed by atoms with E-state index in [1.807, 2.05) is 0 Å². The third-order valence-electron chi connectivity index (χ3n) is 1.44. The molecule has 0 spiro atoms. The van der Waals surface area contributed by atoms with Crippen molar-refractivity contribution in [2.75, 3.05) is 0 Å². The Hall–Kier alpha value is -0.650. The maximum Gasteiger partial charge on any atom is 0.338 e. The highest BCUT2D eigenvalue weighted by Crippen LogP contribution is 2.05. The van der Waals surface area contributed by atoms with E-state index in [1.165, 1.54) is 0 Å². The molecule has 1 atom stereocenters. The average Bonchev–Trinajstić information content (AvgIpc) is 1.86. The lowest BCUT2D eigenvalue weighted by Gasteiger charge is -2.21. The summed E-state index contributed by atoms with van der Waals surface area (Å²) in [7, 11) is 0. The van der Waals surface area contributed by atoms with Gasteiger partial charge in [0.1, 0.15) is 0 Å². The molecule has 0 saturated heterocycles. The topological polar surface area (TPSA) is 110 Å². The quantitative estimate of drug-likeness (QED) is 0.390. The summed E-state index contributed by atoms with van der Waals surface area (Å²) in [5.74, 6) is -1.30. The van der Waals surface area contributed by atoms with Crippen LogP contribution in [0.2, 0.25) is 0 Å². The second kappa shape index (κ2) is 3.66. The highest BCUT2D eigenvalue weighted by molar-refractivity contribution is 5.77. The predicted octanol–water partition coefficient (Wildman–Crippen LogP) is -1.15. The van der Waals surface area contributed by atoms with E-state index < -0.39 is 17.7 Å². The lowest BCUT2D eigenvalue weighted by Crippen LogP contribution is -2.58. The van der Waals surface area contributed by atoms with Crippen molar-refractivity contribution in [3.63, 3.8) is 0 Å². The molecule has 0 aromatic carbocycles. The van der Waals surface area contributed by atoms with Gasteiger partial charge < -0.3 is 21.7 Å². The van der Waals surface area contributed by atoms with Crippen molar-refractivity contribution in [3.8, 4) is 0 Å². The van der Waals surface area contributed by atoms with E-state index in [4.69, 9.17) is 21.7 Å². The molecule has 6 N–H and O–H groups in total. The molecule has 0 rings (SSSR count). The predicted molar refractivity (Wildman–Crippen MR) is 39.7 cm³/mol. The van der Waals surface area contributed by atoms with Crippen molar-refractivity contribution >= 4 is 5.97 Å². The van der Waals surface area contributed by atoms with Crippen LogP contribution in [-0.2, 0) is 4.79 Å². The van der Waals surface area contributed by atoms with Crippen LogP contribution in [-0.4, -0.2) is 27.9 Å². The van der Waals surface area contributed by atoms with E-state index in [2.05, 4.69) is 0 Å². The number of aliphatic hydroxyl groups excluding tert-OH is 1. The summed E-state index contributed by atoms with van der Waals surface area (Å²) in [6.07, 6.45) is -0.427. The van der Waals surface area contributed by atoms with Crippen LogP contribution < -0.4 is 11.5 Å². The van der Waals surface area contributed by atoms with Crippen LogP contribution in [0.1, 0.15) is 19.8 Å². The minimum atomic E-state index is -1.81. The molecule has 0 aromatic rings. The fourth-order valence-electron chi connectivity index (χ4n) is 0.622. The van der Waals surface area contributed by atoms with Gasteiger partial charge >= 0.3 is 5.97 Å². The Labute approximate surface area is 65.0 Å². The summed E-state index contributed by atoms with van der Waals surface area (Å²) >= 11 is 0. The van der Waals surface area contributed by atoms with E-state index in [1.54, 1.807) is 6.92 Å². The first-order chi connectivity index (χ1) is 4.90. The van der Waals surface area contributed by atoms with Gasteiger partial charge in [-0.25, -0.2) is 4.79 Å². The van der Waals surface area contributed by atoms with E-state index in [0.717, 1.165) is 0 Å². The van der Waals surface area contributed by atoms with Crippen LogP contribution in [0, 0.1) is 0 Å². The second-order valence-electron chi connectivity index (χ2n) is 2.61. The lowest BCUT2D eigenvalue weighted by molar-refractivity contribution is -0.144. The summed E-state index contributed by atoms with van der Waals surface area (Å²) in [5, 5.41) is 17.4. The fourth-order valence-corrected chi connectivity index (χ4v) is 0.622. The number of aliphatic carboxylic acids is 1. The molecule has 5 nitrogen and oxygen atoms in total. The second-order valence-corrected chi connectivity index (χ2v) is 2.61. The zero-order valence-corrected chi connectivity index (χ0v) is 6.45. The summed E-state index contributed by atoms with van der Waals surface area (Å²) < 4.78 is 0. The van der Waals surface area contributed by atoms with Gasteiger partial charge in [-0.15, -0.1) is 0 Å². The zero-order chi connectivity index (χ0) is 9.07. The minimum Gasteiger partial charge on any atom is -0.479 e. The van der Waals surface area contributed by atoms with Crippen molar-refractivity contribution < 1.29 is 15.0 Å². The van der Waals surface area contributed by atoms with Crippen LogP contribution in [0.3, 0.4) is 0 Å². The Morgan fingerprint density at radius 1 is 1.64 bits per heavy atom. The Balaban J connectivity index is 4.01. The third-order valence-corrected chi connectivity index (χ3v) is 1.44. The number of hydrogen-bond donors (Lipinski definition) is 4. The van der Waals surface area contributed by atoms with Crippen molar-refractivity contribution in [1.29, 1.82) is 0 Å². The molecule has 0 amide bonds. The number of carbonyl (C=O) groups is 1. The van der Waals surface area contributed by atoms with Crippen molar-refractivity contribution in [1.82, 2.24) is 0 Å². The molecular formula is C6H14N2O3. The van der Waals surface area contributed by atoms with Crippen LogP contribution in [0.4, 0.5) is 0 Å². The number of carboxylic acids is 1. The van der Waals surface area contributed by atoms with Crippen LogP contribution in [0.15, 0.2) is 0 Å². The SMILES string of the molecule is CCC(O)CC(N)(N)C(=O)O. The van der Waals surface area contributed by atoms with Crippen LogP contribution in [0.25, 0.3) is 0 Å². The molecule has 0 aliphatic heterocycles. The maximum absolute atomic E-state index is 10.3. The monoisotopic (exact) mass is 162 g/mol. The first kappa shape index (κ1) is 10.3. The van der Waals surface area contributed by atoms with Gasteiger partial charge in [0.15, 0.2) is 5.66 Å². The van der Waals surface area contributed by atoms with Gasteiger partial charge in [0, 0.05) is 6.42 Å². The first-order valence-corrected chi connectivity index (χ1v) is 3.39. The van der Waals surface area contributed by atoms with Gasteiger partial charge in [-0.05, 0) is 6.42 Å². The van der Waals surface area contributed by atoms with E-state index in [9.17, 15) is 4.79 Å². The molecule has 66 valence electrons. The van der Waals surface area contributed by atoms with E-state index in [-0.39, 0.29) is 6.42 Å². The number of rotatable bonds is 4. The molecule has 5 heteroatoms. The Morgan fingerprint density at radius 2 is 2.09 bits per heavy atom. The number of nitrogens with two attached hydrogens (primary N) is 2. The lowest BCUT2D eigenvalue weighted by atomic mass is 10.0. The van der Waals surface area contributed by atoms with E-state index in [0.29, 0.717) is 6.42 Å². The first-order valence-electron chi connectivity index (χ1n) is 3.39. The van der Waals surface area contributed by atoms with Gasteiger partial charge in [0.2, 0.25) is 0 Å². The molecule has 0 aliphatic carbocycles. The Morgan fingerprint density at radius 3 is 2.36 bits per heavy atom. The van der Waals surface area contributed by atoms with Gasteiger partial charge in [0.05, 0.1) is 6.10 Å². The molecule has 0 aliphatic rings. The summed E-state index contributed by atoms with van der Waals surface area (Å²) in [6.45, 7) is 1.72. The largest absolute Gasteiger partial charge is 0.479 e. The molecule has 1 unspecified atom stereocenters. The van der Waals surface area contributed by atoms with Crippen molar-refractivity contribution in [2.24, 2.45) is 11.5 Å². The van der Waals surface area contributed by atoms with Crippen LogP contribution in [0.5, 0.6) is 0 Å². The maximum atomic E-state index is 10.3. The molecule has 0 radical (unpaired) electrons. The highest BCUT2D eigenvalue weighted by Gasteiger charge is 2.30. The summed E-state index contributed by atoms with van der Waals surface area (Å²) in [6, 6.07) is 0. The molecular weight excluding hydrogens is 148 g/mol. The van der Waals surface area contributed by atoms with Gasteiger partial charge in [0.25, 0.3) is 0 Å². The molecule has 0 bridgehead atoms. The Bertz CT molecular complexity index is 147. The number of aliphatic hydroxyl groups is 1. The smallest absolute Gasteiger partial charge is 0.338 e. The highest BCUT2D eigenvalue weighted by atomic mass is 16.4.